The highest BCUT2D eigenvalue weighted by molar-refractivity contribution is 6.35. The highest BCUT2D eigenvalue weighted by Crippen LogP contribution is 2.22. The summed E-state index contributed by atoms with van der Waals surface area (Å²) in [6, 6.07) is 5.68. The number of carbonyl (C=O) groups excluding carboxylic acids is 1. The average Bonchev–Trinajstić information content (AvgIpc) is 2.71. The third-order valence-electron chi connectivity index (χ3n) is 3.53. The number of rotatable bonds is 9. The number of hydrogen-bond donors (Lipinski definition) is 0. The number of carbonyl (C=O) groups is 1. The van der Waals surface area contributed by atoms with E-state index in [0.29, 0.717) is 6.08 Å². The normalized spacial score (nSPS) is 15.5. The molecule has 2 aromatic rings. The number of ether oxygens (including phenoxy) is 2. The molecule has 0 amide bonds. The zero-order chi connectivity index (χ0) is 27.1. The topological polar surface area (TPSA) is 44.8 Å². The third-order valence-corrected chi connectivity index (χ3v) is 3.53. The SMILES string of the molecule is [2H]C([2H])([2H])Oc1ccc(F)cc1/C=C/C(=O)/C=C(/C=C/c1cc(F)ccc1OC([2H])([2H])[2H])OB(F)F. The Hall–Kier alpha value is -3.49. The Morgan fingerprint density at radius 2 is 1.47 bits per heavy atom. The van der Waals surface area contributed by atoms with Gasteiger partial charge in [0.25, 0.3) is 0 Å². The maximum absolute atomic E-state index is 13.6. The predicted octanol–water partition coefficient (Wildman–Crippen LogP) is 5.10. The Balaban J connectivity index is 2.34. The standard InChI is InChI=1S/C21H17BF4O4/c1-28-20-9-5-16(23)11-14(20)3-7-18(27)13-19(30-22(25)26)8-4-15-12-17(24)6-10-21(15)29-2/h3-13H,1-2H3/b7-3+,8-4+,19-13-/i1D3,2D3. The molecule has 2 rings (SSSR count). The molecule has 30 heavy (non-hydrogen) atoms. The monoisotopic (exact) mass is 426 g/mol. The maximum Gasteiger partial charge on any atom is 0.796 e. The minimum atomic E-state index is -3.36. The molecule has 0 aliphatic heterocycles. The van der Waals surface area contributed by atoms with Crippen molar-refractivity contribution in [2.24, 2.45) is 0 Å². The van der Waals surface area contributed by atoms with E-state index in [0.717, 1.165) is 60.7 Å². The molecule has 0 heterocycles. The second-order valence-electron chi connectivity index (χ2n) is 5.56. The molecule has 0 aromatic heterocycles. The van der Waals surface area contributed by atoms with E-state index in [4.69, 9.17) is 17.7 Å². The van der Waals surface area contributed by atoms with E-state index in [-0.39, 0.29) is 22.6 Å². The van der Waals surface area contributed by atoms with Crippen molar-refractivity contribution >= 4 is 25.4 Å². The van der Waals surface area contributed by atoms with E-state index in [1.165, 1.54) is 0 Å². The van der Waals surface area contributed by atoms with E-state index in [2.05, 4.69) is 4.65 Å². The molecule has 0 N–H and O–H groups in total. The average molecular weight is 426 g/mol. The summed E-state index contributed by atoms with van der Waals surface area (Å²) in [6.07, 6.45) is 4.28. The molecule has 0 saturated heterocycles. The van der Waals surface area contributed by atoms with Crippen LogP contribution in [0.2, 0.25) is 0 Å². The fourth-order valence-electron chi connectivity index (χ4n) is 2.24. The summed E-state index contributed by atoms with van der Waals surface area (Å²) >= 11 is 0. The molecule has 0 bridgehead atoms. The minimum Gasteiger partial charge on any atom is -0.505 e. The molecule has 0 unspecified atom stereocenters. The number of halogens is 4. The number of hydrogen-bond acceptors (Lipinski definition) is 4. The summed E-state index contributed by atoms with van der Waals surface area (Å²) in [5.74, 6) is -3.72. The zero-order valence-electron chi connectivity index (χ0n) is 21.1. The lowest BCUT2D eigenvalue weighted by molar-refractivity contribution is -0.110. The Morgan fingerprint density at radius 1 is 0.933 bits per heavy atom. The summed E-state index contributed by atoms with van der Waals surface area (Å²) in [5.41, 5.74) is -0.268. The van der Waals surface area contributed by atoms with Crippen LogP contribution < -0.4 is 9.47 Å². The van der Waals surface area contributed by atoms with Gasteiger partial charge < -0.3 is 14.1 Å². The molecule has 0 aliphatic rings. The molecule has 0 saturated carbocycles. The first-order valence-electron chi connectivity index (χ1n) is 11.1. The zero-order valence-corrected chi connectivity index (χ0v) is 15.1. The van der Waals surface area contributed by atoms with Crippen LogP contribution in [0.3, 0.4) is 0 Å². The lowest BCUT2D eigenvalue weighted by Gasteiger charge is -2.06. The Bertz CT molecular complexity index is 1180. The lowest BCUT2D eigenvalue weighted by Crippen LogP contribution is -2.05. The highest BCUT2D eigenvalue weighted by atomic mass is 19.2. The van der Waals surface area contributed by atoms with Gasteiger partial charge in [0.15, 0.2) is 5.78 Å². The van der Waals surface area contributed by atoms with E-state index >= 15 is 0 Å². The van der Waals surface area contributed by atoms with Gasteiger partial charge >= 0.3 is 7.47 Å². The molecular formula is C21H17BF4O4. The van der Waals surface area contributed by atoms with Gasteiger partial charge in [-0.3, -0.25) is 4.79 Å². The molecule has 2 aromatic carbocycles. The fraction of sp³-hybridized carbons (Fsp3) is 0.0952. The van der Waals surface area contributed by atoms with Crippen molar-refractivity contribution in [3.8, 4) is 11.5 Å². The van der Waals surface area contributed by atoms with Gasteiger partial charge in [-0.05, 0) is 60.7 Å². The van der Waals surface area contributed by atoms with Gasteiger partial charge in [0.1, 0.15) is 28.9 Å². The van der Waals surface area contributed by atoms with E-state index in [1.54, 1.807) is 0 Å². The smallest absolute Gasteiger partial charge is 0.505 e. The first-order chi connectivity index (χ1) is 16.6. The van der Waals surface area contributed by atoms with Gasteiger partial charge in [0.2, 0.25) is 0 Å². The first kappa shape index (κ1) is 15.4. The van der Waals surface area contributed by atoms with Crippen molar-refractivity contribution in [1.82, 2.24) is 0 Å². The lowest BCUT2D eigenvalue weighted by atomic mass is 10.1. The van der Waals surface area contributed by atoms with Crippen molar-refractivity contribution in [2.45, 2.75) is 0 Å². The fourth-order valence-corrected chi connectivity index (χ4v) is 2.24. The Labute approximate surface area is 179 Å². The number of ketones is 1. The van der Waals surface area contributed by atoms with Gasteiger partial charge in [0, 0.05) is 17.2 Å². The molecule has 4 nitrogen and oxygen atoms in total. The second kappa shape index (κ2) is 10.9. The molecule has 0 radical (unpaired) electrons. The van der Waals surface area contributed by atoms with E-state index in [9.17, 15) is 22.2 Å². The molecule has 0 atom stereocenters. The van der Waals surface area contributed by atoms with Gasteiger partial charge in [-0.15, -0.1) is 0 Å². The van der Waals surface area contributed by atoms with Crippen LogP contribution >= 0.6 is 0 Å². The summed E-state index contributed by atoms with van der Waals surface area (Å²) in [5, 5.41) is 0. The van der Waals surface area contributed by atoms with Crippen molar-refractivity contribution in [3.63, 3.8) is 0 Å². The molecule has 9 heteroatoms. The predicted molar refractivity (Wildman–Crippen MR) is 106 cm³/mol. The summed E-state index contributed by atoms with van der Waals surface area (Å²) in [4.78, 5) is 12.3. The van der Waals surface area contributed by atoms with Crippen molar-refractivity contribution < 1.29 is 44.6 Å². The largest absolute Gasteiger partial charge is 0.796 e. The van der Waals surface area contributed by atoms with Crippen LogP contribution in [0.25, 0.3) is 12.2 Å². The van der Waals surface area contributed by atoms with Crippen molar-refractivity contribution in [2.75, 3.05) is 14.1 Å². The van der Waals surface area contributed by atoms with Crippen LogP contribution in [-0.2, 0) is 9.45 Å². The van der Waals surface area contributed by atoms with Crippen LogP contribution in [0.15, 0.2) is 60.4 Å². The van der Waals surface area contributed by atoms with E-state index < -0.39 is 44.7 Å². The van der Waals surface area contributed by atoms with Crippen molar-refractivity contribution in [3.05, 3.63) is 83.1 Å². The van der Waals surface area contributed by atoms with Crippen LogP contribution in [-0.4, -0.2) is 27.3 Å². The number of allylic oxidation sites excluding steroid dienone is 3. The number of benzene rings is 2. The highest BCUT2D eigenvalue weighted by Gasteiger charge is 2.18. The number of methoxy groups -OCH3 is 2. The quantitative estimate of drug-likeness (QED) is 0.184. The third kappa shape index (κ3) is 6.84. The molecule has 156 valence electrons. The van der Waals surface area contributed by atoms with E-state index in [1.807, 2.05) is 0 Å². The van der Waals surface area contributed by atoms with Crippen LogP contribution in [0, 0.1) is 11.6 Å². The first-order valence-corrected chi connectivity index (χ1v) is 8.15. The summed E-state index contributed by atoms with van der Waals surface area (Å²) in [6.45, 7) is 0. The maximum atomic E-state index is 13.6. The molecule has 0 aliphatic carbocycles. The molecular weight excluding hydrogens is 403 g/mol. The Morgan fingerprint density at radius 3 is 1.97 bits per heavy atom. The molecule has 0 fully saturated rings. The van der Waals surface area contributed by atoms with Crippen LogP contribution in [0.5, 0.6) is 11.5 Å². The van der Waals surface area contributed by atoms with Crippen LogP contribution in [0.1, 0.15) is 19.4 Å². The van der Waals surface area contributed by atoms with Gasteiger partial charge in [-0.2, -0.15) is 0 Å². The van der Waals surface area contributed by atoms with Gasteiger partial charge in [-0.25, -0.2) is 17.4 Å². The van der Waals surface area contributed by atoms with Crippen molar-refractivity contribution in [1.29, 1.82) is 0 Å². The second-order valence-corrected chi connectivity index (χ2v) is 5.56. The van der Waals surface area contributed by atoms with Gasteiger partial charge in [-0.1, -0.05) is 0 Å². The van der Waals surface area contributed by atoms with Crippen LogP contribution in [0.4, 0.5) is 17.4 Å². The summed E-state index contributed by atoms with van der Waals surface area (Å²) < 4.78 is 109. The summed E-state index contributed by atoms with van der Waals surface area (Å²) in [7, 11) is -9.09. The minimum absolute atomic E-state index is 0.119. The molecule has 0 spiro atoms. The van der Waals surface area contributed by atoms with Gasteiger partial charge in [0.05, 0.1) is 22.3 Å². The Kier molecular flexibility index (Phi) is 5.58.